The van der Waals surface area contributed by atoms with Crippen LogP contribution in [0.1, 0.15) is 32.3 Å². The van der Waals surface area contributed by atoms with Crippen LogP contribution >= 0.6 is 11.3 Å². The maximum atomic E-state index is 4.61. The lowest BCUT2D eigenvalue weighted by atomic mass is 10.1. The molecule has 114 valence electrons. The zero-order valence-corrected chi connectivity index (χ0v) is 13.9. The summed E-state index contributed by atoms with van der Waals surface area (Å²) >= 11 is 1.77. The number of aromatic nitrogens is 2. The van der Waals surface area contributed by atoms with Gasteiger partial charge in [-0.05, 0) is 43.2 Å². The van der Waals surface area contributed by atoms with Gasteiger partial charge in [0.05, 0.1) is 10.2 Å². The van der Waals surface area contributed by atoms with Gasteiger partial charge in [0.25, 0.3) is 0 Å². The first-order valence-electron chi connectivity index (χ1n) is 7.82. The van der Waals surface area contributed by atoms with E-state index in [2.05, 4.69) is 46.3 Å². The van der Waals surface area contributed by atoms with Gasteiger partial charge in [-0.25, -0.2) is 9.97 Å². The van der Waals surface area contributed by atoms with Crippen LogP contribution in [-0.2, 0) is 0 Å². The number of nitrogens with one attached hydrogen (secondary N) is 1. The van der Waals surface area contributed by atoms with E-state index in [1.54, 1.807) is 17.7 Å². The maximum Gasteiger partial charge on any atom is 0.150 e. The monoisotopic (exact) mass is 304 g/mol. The minimum Gasteiger partial charge on any atom is -0.354 e. The van der Waals surface area contributed by atoms with Crippen molar-refractivity contribution in [2.45, 2.75) is 39.7 Å². The normalized spacial score (nSPS) is 18.8. The van der Waals surface area contributed by atoms with E-state index in [0.717, 1.165) is 31.0 Å². The number of aryl methyl sites for hydroxylation is 1. The van der Waals surface area contributed by atoms with Gasteiger partial charge >= 0.3 is 0 Å². The van der Waals surface area contributed by atoms with Crippen molar-refractivity contribution in [1.82, 2.24) is 15.3 Å². The number of anilines is 1. The Morgan fingerprint density at radius 1 is 1.43 bits per heavy atom. The molecule has 1 saturated heterocycles. The van der Waals surface area contributed by atoms with E-state index >= 15 is 0 Å². The molecule has 0 bridgehead atoms. The number of thiophene rings is 1. The van der Waals surface area contributed by atoms with Crippen molar-refractivity contribution in [2.75, 3.05) is 24.5 Å². The van der Waals surface area contributed by atoms with Crippen molar-refractivity contribution in [1.29, 1.82) is 0 Å². The molecule has 1 N–H and O–H groups in total. The molecule has 1 aliphatic heterocycles. The first kappa shape index (κ1) is 14.7. The van der Waals surface area contributed by atoms with Gasteiger partial charge in [0, 0.05) is 19.1 Å². The Labute approximate surface area is 130 Å². The van der Waals surface area contributed by atoms with Gasteiger partial charge in [0.1, 0.15) is 12.1 Å². The fraction of sp³-hybridized carbons (Fsp3) is 0.625. The van der Waals surface area contributed by atoms with Crippen LogP contribution < -0.4 is 10.2 Å². The van der Waals surface area contributed by atoms with E-state index in [9.17, 15) is 0 Å². The second-order valence-corrected chi connectivity index (χ2v) is 7.27. The van der Waals surface area contributed by atoms with Crippen LogP contribution in [0, 0.1) is 12.8 Å². The molecular formula is C16H24N4S. The molecule has 0 amide bonds. The molecule has 1 fully saturated rings. The molecule has 1 atom stereocenters. The third-order valence-corrected chi connectivity index (χ3v) is 5.08. The molecule has 3 rings (SSSR count). The number of rotatable bonds is 5. The van der Waals surface area contributed by atoms with Crippen LogP contribution in [0.3, 0.4) is 0 Å². The highest BCUT2D eigenvalue weighted by molar-refractivity contribution is 7.18. The highest BCUT2D eigenvalue weighted by Crippen LogP contribution is 2.31. The minimum atomic E-state index is 0.592. The van der Waals surface area contributed by atoms with Gasteiger partial charge in [-0.2, -0.15) is 0 Å². The first-order valence-corrected chi connectivity index (χ1v) is 8.70. The molecule has 0 aliphatic carbocycles. The van der Waals surface area contributed by atoms with E-state index in [1.807, 2.05) is 0 Å². The van der Waals surface area contributed by atoms with Gasteiger partial charge in [-0.1, -0.05) is 13.8 Å². The van der Waals surface area contributed by atoms with Crippen molar-refractivity contribution in [3.05, 3.63) is 17.3 Å². The number of nitrogens with zero attached hydrogens (tertiary/aromatic N) is 3. The Morgan fingerprint density at radius 3 is 3.00 bits per heavy atom. The number of fused-ring (bicyclic) bond motifs is 1. The summed E-state index contributed by atoms with van der Waals surface area (Å²) in [6.07, 6.45) is 4.27. The van der Waals surface area contributed by atoms with Gasteiger partial charge in [0.2, 0.25) is 0 Å². The molecule has 3 heterocycles. The SMILES string of the molecule is Cc1csc2c(N(CC(C)C)CC3CCCN3)ncnc12. The van der Waals surface area contributed by atoms with Gasteiger partial charge in [-0.15, -0.1) is 11.3 Å². The topological polar surface area (TPSA) is 41.0 Å². The summed E-state index contributed by atoms with van der Waals surface area (Å²) in [7, 11) is 0. The Kier molecular flexibility index (Phi) is 4.40. The van der Waals surface area contributed by atoms with Crippen LogP contribution in [0.25, 0.3) is 10.2 Å². The lowest BCUT2D eigenvalue weighted by Gasteiger charge is -2.28. The average molecular weight is 304 g/mol. The predicted molar refractivity (Wildman–Crippen MR) is 90.2 cm³/mol. The molecule has 0 saturated carbocycles. The molecule has 1 unspecified atom stereocenters. The van der Waals surface area contributed by atoms with E-state index < -0.39 is 0 Å². The molecule has 0 radical (unpaired) electrons. The van der Waals surface area contributed by atoms with Crippen LogP contribution in [0.2, 0.25) is 0 Å². The molecule has 0 spiro atoms. The smallest absolute Gasteiger partial charge is 0.150 e. The summed E-state index contributed by atoms with van der Waals surface area (Å²) in [4.78, 5) is 11.5. The van der Waals surface area contributed by atoms with Crippen molar-refractivity contribution in [3.8, 4) is 0 Å². The zero-order valence-electron chi connectivity index (χ0n) is 13.1. The van der Waals surface area contributed by atoms with Gasteiger partial charge in [-0.3, -0.25) is 0 Å². The molecule has 1 aliphatic rings. The predicted octanol–water partition coefficient (Wildman–Crippen LogP) is 3.21. The third-order valence-electron chi connectivity index (χ3n) is 4.00. The molecule has 2 aromatic heterocycles. The molecule has 21 heavy (non-hydrogen) atoms. The summed E-state index contributed by atoms with van der Waals surface area (Å²) in [6.45, 7) is 9.90. The van der Waals surface area contributed by atoms with E-state index in [0.29, 0.717) is 12.0 Å². The minimum absolute atomic E-state index is 0.592. The van der Waals surface area contributed by atoms with Crippen LogP contribution in [0.5, 0.6) is 0 Å². The highest BCUT2D eigenvalue weighted by Gasteiger charge is 2.22. The average Bonchev–Trinajstić information content (AvgIpc) is 3.08. The summed E-state index contributed by atoms with van der Waals surface area (Å²) in [5.41, 5.74) is 2.36. The third kappa shape index (κ3) is 3.19. The summed E-state index contributed by atoms with van der Waals surface area (Å²) in [5.74, 6) is 1.73. The van der Waals surface area contributed by atoms with Crippen molar-refractivity contribution < 1.29 is 0 Å². The lowest BCUT2D eigenvalue weighted by molar-refractivity contribution is 0.538. The summed E-state index contributed by atoms with van der Waals surface area (Å²) in [5, 5.41) is 5.79. The highest BCUT2D eigenvalue weighted by atomic mass is 32.1. The van der Waals surface area contributed by atoms with Gasteiger partial charge < -0.3 is 10.2 Å². The molecule has 2 aromatic rings. The standard InChI is InChI=1S/C16H24N4S/c1-11(2)7-20(8-13-5-4-6-17-13)16-15-14(18-10-19-16)12(3)9-21-15/h9-11,13,17H,4-8H2,1-3H3. The van der Waals surface area contributed by atoms with Crippen LogP contribution in [0.4, 0.5) is 5.82 Å². The van der Waals surface area contributed by atoms with Crippen LogP contribution in [0.15, 0.2) is 11.7 Å². The quantitative estimate of drug-likeness (QED) is 0.921. The van der Waals surface area contributed by atoms with Crippen molar-refractivity contribution in [3.63, 3.8) is 0 Å². The Bertz CT molecular complexity index is 601. The van der Waals surface area contributed by atoms with Gasteiger partial charge in [0.15, 0.2) is 0 Å². The molecule has 4 nitrogen and oxygen atoms in total. The second kappa shape index (κ2) is 6.28. The number of hydrogen-bond acceptors (Lipinski definition) is 5. The molecular weight excluding hydrogens is 280 g/mol. The second-order valence-electron chi connectivity index (χ2n) is 6.39. The maximum absolute atomic E-state index is 4.61. The lowest BCUT2D eigenvalue weighted by Crippen LogP contribution is -2.40. The van der Waals surface area contributed by atoms with E-state index in [4.69, 9.17) is 0 Å². The molecule has 0 aromatic carbocycles. The van der Waals surface area contributed by atoms with E-state index in [-0.39, 0.29) is 0 Å². The Hall–Kier alpha value is -1.20. The fourth-order valence-electron chi connectivity index (χ4n) is 3.05. The number of hydrogen-bond donors (Lipinski definition) is 1. The van der Waals surface area contributed by atoms with Crippen molar-refractivity contribution >= 4 is 27.4 Å². The Morgan fingerprint density at radius 2 is 2.29 bits per heavy atom. The first-order chi connectivity index (χ1) is 10.1. The van der Waals surface area contributed by atoms with Crippen molar-refractivity contribution in [2.24, 2.45) is 5.92 Å². The van der Waals surface area contributed by atoms with E-state index in [1.165, 1.54) is 23.1 Å². The van der Waals surface area contributed by atoms with Crippen LogP contribution in [-0.4, -0.2) is 35.6 Å². The largest absolute Gasteiger partial charge is 0.354 e. The Balaban J connectivity index is 1.92. The zero-order chi connectivity index (χ0) is 14.8. The summed E-state index contributed by atoms with van der Waals surface area (Å²) in [6, 6.07) is 0.592. The fourth-order valence-corrected chi connectivity index (χ4v) is 4.07. The molecule has 5 heteroatoms. The summed E-state index contributed by atoms with van der Waals surface area (Å²) < 4.78 is 1.23.